The average Bonchev–Trinajstić information content (AvgIpc) is 3.16. The molecule has 0 N–H and O–H groups in total. The molecule has 2 aromatic heterocycles. The van der Waals surface area contributed by atoms with Crippen LogP contribution in [0.25, 0.3) is 0 Å². The molecule has 0 saturated carbocycles. The number of nitrogens with zero attached hydrogens (tertiary/aromatic N) is 4. The second-order valence-electron chi connectivity index (χ2n) is 5.71. The molecule has 116 valence electrons. The Balaban J connectivity index is 1.58. The maximum absolute atomic E-state index is 4.45. The maximum Gasteiger partial charge on any atom is 0.128 e. The zero-order chi connectivity index (χ0) is 14.8. The van der Waals surface area contributed by atoms with Crippen molar-refractivity contribution in [1.29, 1.82) is 0 Å². The van der Waals surface area contributed by atoms with Gasteiger partial charge in [-0.3, -0.25) is 0 Å². The Morgan fingerprint density at radius 1 is 0.857 bits per heavy atom. The van der Waals surface area contributed by atoms with Gasteiger partial charge in [0, 0.05) is 31.2 Å². The zero-order valence-electron chi connectivity index (χ0n) is 13.2. The fourth-order valence-electron chi connectivity index (χ4n) is 2.69. The van der Waals surface area contributed by atoms with Crippen molar-refractivity contribution >= 4 is 0 Å². The summed E-state index contributed by atoms with van der Waals surface area (Å²) in [7, 11) is 0. The Kier molecular flexibility index (Phi) is 7.05. The molecule has 0 fully saturated rings. The van der Waals surface area contributed by atoms with Crippen molar-refractivity contribution in [3.05, 3.63) is 36.9 Å². The Bertz CT molecular complexity index is 473. The lowest BCUT2D eigenvalue weighted by Crippen LogP contribution is -2.10. The Labute approximate surface area is 128 Å². The van der Waals surface area contributed by atoms with Crippen LogP contribution in [0.4, 0.5) is 0 Å². The van der Waals surface area contributed by atoms with Gasteiger partial charge >= 0.3 is 0 Å². The molecule has 0 aromatic carbocycles. The first-order valence-electron chi connectivity index (χ1n) is 8.42. The van der Waals surface area contributed by atoms with Crippen molar-refractivity contribution in [2.45, 2.75) is 71.1 Å². The van der Waals surface area contributed by atoms with Gasteiger partial charge in [-0.1, -0.05) is 58.3 Å². The molecule has 2 aromatic rings. The fraction of sp³-hybridized carbons (Fsp3) is 0.647. The van der Waals surface area contributed by atoms with Gasteiger partial charge in [-0.05, 0) is 6.42 Å². The van der Waals surface area contributed by atoms with E-state index >= 15 is 0 Å². The van der Waals surface area contributed by atoms with E-state index in [9.17, 15) is 0 Å². The number of aromatic nitrogens is 4. The van der Waals surface area contributed by atoms with Gasteiger partial charge in [0.15, 0.2) is 0 Å². The van der Waals surface area contributed by atoms with E-state index in [4.69, 9.17) is 0 Å². The normalized spacial score (nSPS) is 11.1. The summed E-state index contributed by atoms with van der Waals surface area (Å²) < 4.78 is 4.04. The number of aryl methyl sites for hydroxylation is 1. The van der Waals surface area contributed by atoms with E-state index in [0.29, 0.717) is 0 Å². The number of hydrogen-bond donors (Lipinski definition) is 0. The molecule has 0 aliphatic rings. The molecule has 2 heterocycles. The highest BCUT2D eigenvalue weighted by atomic mass is 15.5. The molecule has 0 amide bonds. The summed E-state index contributed by atoms with van der Waals surface area (Å²) >= 11 is 0. The van der Waals surface area contributed by atoms with Crippen molar-refractivity contribution in [2.24, 2.45) is 0 Å². The molecule has 4 heteroatoms. The fourth-order valence-corrected chi connectivity index (χ4v) is 2.69. The van der Waals surface area contributed by atoms with Gasteiger partial charge in [0.1, 0.15) is 12.2 Å². The van der Waals surface area contributed by atoms with Gasteiger partial charge in [-0.15, -0.1) is 0 Å². The Morgan fingerprint density at radius 3 is 2.24 bits per heavy atom. The molecule has 0 bridgehead atoms. The third-order valence-corrected chi connectivity index (χ3v) is 3.94. The monoisotopic (exact) mass is 288 g/mol. The van der Waals surface area contributed by atoms with Crippen LogP contribution < -0.4 is 0 Å². The highest BCUT2D eigenvalue weighted by Crippen LogP contribution is 2.11. The minimum absolute atomic E-state index is 1.04. The topological polar surface area (TPSA) is 35.6 Å². The van der Waals surface area contributed by atoms with Crippen LogP contribution in [-0.4, -0.2) is 19.3 Å². The SMILES string of the molecule is CCCCCCCCCCCc1nccn1-n1ccnc1. The van der Waals surface area contributed by atoms with Crippen molar-refractivity contribution in [1.82, 2.24) is 19.3 Å². The van der Waals surface area contributed by atoms with E-state index in [1.807, 2.05) is 29.6 Å². The lowest BCUT2D eigenvalue weighted by Gasteiger charge is -2.08. The smallest absolute Gasteiger partial charge is 0.128 e. The largest absolute Gasteiger partial charge is 0.243 e. The first-order valence-corrected chi connectivity index (χ1v) is 8.42. The lowest BCUT2D eigenvalue weighted by atomic mass is 10.1. The first-order chi connectivity index (χ1) is 10.4. The van der Waals surface area contributed by atoms with Crippen LogP contribution in [0.2, 0.25) is 0 Å². The van der Waals surface area contributed by atoms with E-state index in [0.717, 1.165) is 12.2 Å². The van der Waals surface area contributed by atoms with Crippen molar-refractivity contribution in [3.63, 3.8) is 0 Å². The van der Waals surface area contributed by atoms with Gasteiger partial charge in [-0.25, -0.2) is 19.3 Å². The van der Waals surface area contributed by atoms with Crippen LogP contribution in [0.15, 0.2) is 31.1 Å². The zero-order valence-corrected chi connectivity index (χ0v) is 13.2. The third-order valence-electron chi connectivity index (χ3n) is 3.94. The summed E-state index contributed by atoms with van der Waals surface area (Å²) in [6, 6.07) is 0. The Hall–Kier alpha value is -1.58. The number of unbranched alkanes of at least 4 members (excludes halogenated alkanes) is 8. The molecule has 0 aliphatic heterocycles. The molecule has 21 heavy (non-hydrogen) atoms. The molecule has 0 radical (unpaired) electrons. The van der Waals surface area contributed by atoms with E-state index in [2.05, 4.69) is 21.6 Å². The number of hydrogen-bond acceptors (Lipinski definition) is 2. The summed E-state index contributed by atoms with van der Waals surface area (Å²) in [5, 5.41) is 0. The minimum Gasteiger partial charge on any atom is -0.243 e. The molecule has 2 rings (SSSR count). The molecule has 0 unspecified atom stereocenters. The summed E-state index contributed by atoms with van der Waals surface area (Å²) in [5.41, 5.74) is 0. The van der Waals surface area contributed by atoms with E-state index in [-0.39, 0.29) is 0 Å². The van der Waals surface area contributed by atoms with Crippen molar-refractivity contribution in [3.8, 4) is 0 Å². The summed E-state index contributed by atoms with van der Waals surface area (Å²) in [6.45, 7) is 2.27. The van der Waals surface area contributed by atoms with Crippen molar-refractivity contribution in [2.75, 3.05) is 0 Å². The molecule has 0 saturated heterocycles. The van der Waals surface area contributed by atoms with Gasteiger partial charge in [0.25, 0.3) is 0 Å². The third kappa shape index (κ3) is 5.37. The average molecular weight is 288 g/mol. The van der Waals surface area contributed by atoms with E-state index < -0.39 is 0 Å². The van der Waals surface area contributed by atoms with Crippen LogP contribution in [0.5, 0.6) is 0 Å². The molecular formula is C17H28N4. The molecule has 4 nitrogen and oxygen atoms in total. The van der Waals surface area contributed by atoms with E-state index in [1.54, 1.807) is 6.20 Å². The number of rotatable bonds is 11. The van der Waals surface area contributed by atoms with E-state index in [1.165, 1.54) is 57.8 Å². The van der Waals surface area contributed by atoms with Crippen LogP contribution >= 0.6 is 0 Å². The second kappa shape index (κ2) is 9.37. The Morgan fingerprint density at radius 2 is 1.57 bits per heavy atom. The summed E-state index contributed by atoms with van der Waals surface area (Å²) in [4.78, 5) is 8.54. The first kappa shape index (κ1) is 15.8. The number of imidazole rings is 2. The standard InChI is InChI=1S/C17H28N4/c1-2-3-4-5-6-7-8-9-10-11-17-19-13-15-21(17)20-14-12-18-16-20/h12-16H,2-11H2,1H3. The molecule has 0 atom stereocenters. The van der Waals surface area contributed by atoms with Crippen LogP contribution in [0.1, 0.15) is 70.5 Å². The molecular weight excluding hydrogens is 260 g/mol. The van der Waals surface area contributed by atoms with Gasteiger partial charge in [0.2, 0.25) is 0 Å². The van der Waals surface area contributed by atoms with Crippen molar-refractivity contribution < 1.29 is 0 Å². The lowest BCUT2D eigenvalue weighted by molar-refractivity contribution is 0.549. The second-order valence-corrected chi connectivity index (χ2v) is 5.71. The summed E-state index contributed by atoms with van der Waals surface area (Å²) in [5.74, 6) is 1.12. The van der Waals surface area contributed by atoms with Gasteiger partial charge < -0.3 is 0 Å². The van der Waals surface area contributed by atoms with Gasteiger partial charge in [0.05, 0.1) is 0 Å². The van der Waals surface area contributed by atoms with Crippen LogP contribution in [0, 0.1) is 0 Å². The predicted octanol–water partition coefficient (Wildman–Crippen LogP) is 4.46. The quantitative estimate of drug-likeness (QED) is 0.572. The maximum atomic E-state index is 4.45. The predicted molar refractivity (Wildman–Crippen MR) is 86.2 cm³/mol. The molecule has 0 aliphatic carbocycles. The minimum atomic E-state index is 1.04. The molecule has 0 spiro atoms. The van der Waals surface area contributed by atoms with Crippen LogP contribution in [-0.2, 0) is 6.42 Å². The van der Waals surface area contributed by atoms with Crippen LogP contribution in [0.3, 0.4) is 0 Å². The highest BCUT2D eigenvalue weighted by molar-refractivity contribution is 4.94. The van der Waals surface area contributed by atoms with Gasteiger partial charge in [-0.2, -0.15) is 0 Å². The summed E-state index contributed by atoms with van der Waals surface area (Å²) in [6.07, 6.45) is 22.7. The highest BCUT2D eigenvalue weighted by Gasteiger charge is 2.03.